The van der Waals surface area contributed by atoms with E-state index in [0.29, 0.717) is 0 Å². The molecule has 0 aliphatic rings. The second kappa shape index (κ2) is 4.80. The molecule has 0 radical (unpaired) electrons. The first-order chi connectivity index (χ1) is 9.04. The molecule has 19 heavy (non-hydrogen) atoms. The number of carbonyl (C=O) groups excluding carboxylic acids is 1. The van der Waals surface area contributed by atoms with E-state index in [0.717, 1.165) is 24.2 Å². The molecular weight excluding hydrogens is 259 g/mol. The molecule has 0 atom stereocenters. The van der Waals surface area contributed by atoms with Crippen molar-refractivity contribution in [3.63, 3.8) is 0 Å². The first-order valence-corrected chi connectivity index (χ1v) is 4.98. The number of hydrogen-bond donors (Lipinski definition) is 0. The van der Waals surface area contributed by atoms with Gasteiger partial charge in [0.25, 0.3) is 5.82 Å². The fourth-order valence-electron chi connectivity index (χ4n) is 1.43. The Labute approximate surface area is 105 Å². The molecule has 1 heterocycles. The SMILES string of the molecule is COC(=O)c1ncn(-c2cccc(F)c2[N+](=O)[O-])n1. The molecule has 1 aromatic carbocycles. The molecule has 2 rings (SSSR count). The van der Waals surface area contributed by atoms with Gasteiger partial charge in [-0.05, 0) is 12.1 Å². The number of nitro benzene ring substituents is 1. The van der Waals surface area contributed by atoms with Gasteiger partial charge in [-0.2, -0.15) is 4.39 Å². The summed E-state index contributed by atoms with van der Waals surface area (Å²) in [6.07, 6.45) is 1.06. The Morgan fingerprint density at radius 1 is 1.53 bits per heavy atom. The van der Waals surface area contributed by atoms with Crippen molar-refractivity contribution in [2.45, 2.75) is 0 Å². The van der Waals surface area contributed by atoms with Crippen molar-refractivity contribution in [1.29, 1.82) is 0 Å². The van der Waals surface area contributed by atoms with Gasteiger partial charge in [-0.15, -0.1) is 5.10 Å². The molecule has 0 aliphatic heterocycles. The number of aromatic nitrogens is 3. The van der Waals surface area contributed by atoms with Crippen LogP contribution >= 0.6 is 0 Å². The molecule has 0 unspecified atom stereocenters. The fourth-order valence-corrected chi connectivity index (χ4v) is 1.43. The molecule has 0 spiro atoms. The van der Waals surface area contributed by atoms with E-state index in [2.05, 4.69) is 14.8 Å². The van der Waals surface area contributed by atoms with Crippen LogP contribution in [0.3, 0.4) is 0 Å². The standard InChI is InChI=1S/C10H7FN4O4/c1-19-10(16)9-12-5-14(13-9)7-4-2-3-6(11)8(7)15(17)18/h2-5H,1H3. The number of nitro groups is 1. The highest BCUT2D eigenvalue weighted by molar-refractivity contribution is 5.84. The van der Waals surface area contributed by atoms with Crippen molar-refractivity contribution in [3.8, 4) is 5.69 Å². The molecule has 0 fully saturated rings. The Morgan fingerprint density at radius 3 is 2.89 bits per heavy atom. The second-order valence-corrected chi connectivity index (χ2v) is 3.37. The summed E-state index contributed by atoms with van der Waals surface area (Å²) in [6, 6.07) is 3.54. The Balaban J connectivity index is 2.53. The van der Waals surface area contributed by atoms with E-state index in [1.807, 2.05) is 0 Å². The first-order valence-electron chi connectivity index (χ1n) is 4.98. The molecule has 98 valence electrons. The zero-order chi connectivity index (χ0) is 14.0. The van der Waals surface area contributed by atoms with Crippen LogP contribution in [0, 0.1) is 15.9 Å². The highest BCUT2D eigenvalue weighted by atomic mass is 19.1. The van der Waals surface area contributed by atoms with Gasteiger partial charge in [0.1, 0.15) is 12.0 Å². The van der Waals surface area contributed by atoms with Crippen LogP contribution in [0.2, 0.25) is 0 Å². The quantitative estimate of drug-likeness (QED) is 0.468. The van der Waals surface area contributed by atoms with E-state index >= 15 is 0 Å². The average Bonchev–Trinajstić information content (AvgIpc) is 2.86. The van der Waals surface area contributed by atoms with Gasteiger partial charge >= 0.3 is 11.7 Å². The van der Waals surface area contributed by atoms with Gasteiger partial charge in [-0.1, -0.05) is 6.07 Å². The predicted octanol–water partition coefficient (Wildman–Crippen LogP) is 1.10. The highest BCUT2D eigenvalue weighted by Gasteiger charge is 2.23. The van der Waals surface area contributed by atoms with Crippen LogP contribution in [0.4, 0.5) is 10.1 Å². The maximum Gasteiger partial charge on any atom is 0.377 e. The predicted molar refractivity (Wildman–Crippen MR) is 59.3 cm³/mol. The minimum Gasteiger partial charge on any atom is -0.463 e. The number of methoxy groups -OCH3 is 1. The minimum atomic E-state index is -1.00. The van der Waals surface area contributed by atoms with Gasteiger partial charge in [0.15, 0.2) is 0 Å². The van der Waals surface area contributed by atoms with Crippen LogP contribution in [0.25, 0.3) is 5.69 Å². The molecule has 0 saturated carbocycles. The lowest BCUT2D eigenvalue weighted by Gasteiger charge is -2.02. The van der Waals surface area contributed by atoms with E-state index in [4.69, 9.17) is 0 Å². The smallest absolute Gasteiger partial charge is 0.377 e. The van der Waals surface area contributed by atoms with E-state index < -0.39 is 22.4 Å². The number of rotatable bonds is 3. The van der Waals surface area contributed by atoms with Crippen LogP contribution < -0.4 is 0 Å². The summed E-state index contributed by atoms with van der Waals surface area (Å²) >= 11 is 0. The third kappa shape index (κ3) is 2.25. The van der Waals surface area contributed by atoms with Gasteiger partial charge in [-0.3, -0.25) is 10.1 Å². The summed E-state index contributed by atoms with van der Waals surface area (Å²) in [6.45, 7) is 0. The lowest BCUT2D eigenvalue weighted by atomic mass is 10.2. The number of hydrogen-bond acceptors (Lipinski definition) is 6. The van der Waals surface area contributed by atoms with Crippen molar-refractivity contribution in [2.75, 3.05) is 7.11 Å². The Kier molecular flexibility index (Phi) is 3.19. The monoisotopic (exact) mass is 266 g/mol. The Morgan fingerprint density at radius 2 is 2.26 bits per heavy atom. The van der Waals surface area contributed by atoms with E-state index in [1.165, 1.54) is 12.1 Å². The zero-order valence-corrected chi connectivity index (χ0v) is 9.61. The molecule has 0 saturated heterocycles. The summed E-state index contributed by atoms with van der Waals surface area (Å²) in [5, 5.41) is 14.5. The molecule has 0 aliphatic carbocycles. The highest BCUT2D eigenvalue weighted by Crippen LogP contribution is 2.25. The molecule has 1 aromatic heterocycles. The number of halogens is 1. The van der Waals surface area contributed by atoms with Crippen LogP contribution in [0.15, 0.2) is 24.5 Å². The van der Waals surface area contributed by atoms with Gasteiger partial charge in [-0.25, -0.2) is 14.5 Å². The molecule has 0 amide bonds. The molecule has 0 N–H and O–H groups in total. The maximum absolute atomic E-state index is 13.4. The van der Waals surface area contributed by atoms with Crippen molar-refractivity contribution in [2.24, 2.45) is 0 Å². The summed E-state index contributed by atoms with van der Waals surface area (Å²) in [7, 11) is 1.15. The first kappa shape index (κ1) is 12.6. The minimum absolute atomic E-state index is 0.132. The Hall–Kier alpha value is -2.84. The fraction of sp³-hybridized carbons (Fsp3) is 0.100. The molecule has 2 aromatic rings. The summed E-state index contributed by atoms with van der Waals surface area (Å²) in [4.78, 5) is 24.8. The second-order valence-electron chi connectivity index (χ2n) is 3.37. The molecule has 0 bridgehead atoms. The molecular formula is C10H7FN4O4. The summed E-state index contributed by atoms with van der Waals surface area (Å²) < 4.78 is 18.8. The van der Waals surface area contributed by atoms with Crippen molar-refractivity contribution in [1.82, 2.24) is 14.8 Å². The third-order valence-electron chi connectivity index (χ3n) is 2.25. The average molecular weight is 266 g/mol. The lowest BCUT2D eigenvalue weighted by Crippen LogP contribution is -2.06. The van der Waals surface area contributed by atoms with E-state index in [9.17, 15) is 19.3 Å². The van der Waals surface area contributed by atoms with Crippen molar-refractivity contribution < 1.29 is 18.8 Å². The largest absolute Gasteiger partial charge is 0.463 e. The third-order valence-corrected chi connectivity index (χ3v) is 2.25. The summed E-state index contributed by atoms with van der Waals surface area (Å²) in [5.41, 5.74) is -0.878. The topological polar surface area (TPSA) is 100 Å². The lowest BCUT2D eigenvalue weighted by molar-refractivity contribution is -0.387. The number of para-hydroxylation sites is 1. The molecule has 8 nitrogen and oxygen atoms in total. The maximum atomic E-state index is 13.4. The number of benzene rings is 1. The van der Waals surface area contributed by atoms with Crippen LogP contribution in [-0.4, -0.2) is 32.8 Å². The Bertz CT molecular complexity index is 655. The van der Waals surface area contributed by atoms with Gasteiger partial charge < -0.3 is 4.74 Å². The van der Waals surface area contributed by atoms with E-state index in [1.54, 1.807) is 0 Å². The van der Waals surface area contributed by atoms with Crippen molar-refractivity contribution >= 4 is 11.7 Å². The van der Waals surface area contributed by atoms with Crippen LogP contribution in [0.1, 0.15) is 10.6 Å². The van der Waals surface area contributed by atoms with E-state index in [-0.39, 0.29) is 11.5 Å². The molecule has 9 heteroatoms. The van der Waals surface area contributed by atoms with Gasteiger partial charge in [0.2, 0.25) is 5.82 Å². The van der Waals surface area contributed by atoms with Crippen LogP contribution in [-0.2, 0) is 4.74 Å². The number of carbonyl (C=O) groups is 1. The number of ether oxygens (including phenoxy) is 1. The van der Waals surface area contributed by atoms with Crippen LogP contribution in [0.5, 0.6) is 0 Å². The zero-order valence-electron chi connectivity index (χ0n) is 9.61. The van der Waals surface area contributed by atoms with Crippen molar-refractivity contribution in [3.05, 3.63) is 46.3 Å². The summed E-state index contributed by atoms with van der Waals surface area (Å²) in [5.74, 6) is -2.07. The number of esters is 1. The normalized spacial score (nSPS) is 10.2. The van der Waals surface area contributed by atoms with Gasteiger partial charge in [0.05, 0.1) is 12.0 Å². The number of nitrogens with zero attached hydrogens (tertiary/aromatic N) is 4. The van der Waals surface area contributed by atoms with Gasteiger partial charge in [0, 0.05) is 0 Å².